The largest absolute Gasteiger partial charge is 0.491 e. The summed E-state index contributed by atoms with van der Waals surface area (Å²) in [6.45, 7) is 7.11. The maximum atomic E-state index is 10.2. The third-order valence-corrected chi connectivity index (χ3v) is 3.64. The molecule has 0 spiro atoms. The Kier molecular flexibility index (Phi) is 7.86. The van der Waals surface area contributed by atoms with Crippen LogP contribution in [0.2, 0.25) is 0 Å². The van der Waals surface area contributed by atoms with E-state index in [9.17, 15) is 5.11 Å². The number of aliphatic hydroxyl groups is 1. The molecule has 0 heterocycles. The fourth-order valence-corrected chi connectivity index (χ4v) is 2.39. The van der Waals surface area contributed by atoms with Gasteiger partial charge in [-0.2, -0.15) is 0 Å². The molecular weight excluding hydrogens is 314 g/mol. The minimum atomic E-state index is -0.629. The summed E-state index contributed by atoms with van der Waals surface area (Å²) < 4.78 is 11.5. The average molecular weight is 341 g/mol. The molecule has 4 nitrogen and oxygen atoms in total. The van der Waals surface area contributed by atoms with Gasteiger partial charge in [-0.1, -0.05) is 43.3 Å². The van der Waals surface area contributed by atoms with E-state index in [1.54, 1.807) is 0 Å². The zero-order valence-electron chi connectivity index (χ0n) is 14.8. The first-order valence-corrected chi connectivity index (χ1v) is 8.70. The molecule has 0 aliphatic heterocycles. The Hall–Kier alpha value is -2.46. The minimum Gasteiger partial charge on any atom is -0.491 e. The highest BCUT2D eigenvalue weighted by molar-refractivity contribution is 5.56. The van der Waals surface area contributed by atoms with Crippen LogP contribution >= 0.6 is 0 Å². The van der Waals surface area contributed by atoms with Gasteiger partial charge in [0.2, 0.25) is 0 Å². The van der Waals surface area contributed by atoms with Crippen molar-refractivity contribution in [2.24, 2.45) is 0 Å². The molecule has 0 aliphatic carbocycles. The van der Waals surface area contributed by atoms with Crippen LogP contribution in [-0.4, -0.2) is 31.0 Å². The number of para-hydroxylation sites is 3. The summed E-state index contributed by atoms with van der Waals surface area (Å²) in [5.74, 6) is 1.59. The number of rotatable bonds is 11. The van der Waals surface area contributed by atoms with Crippen LogP contribution in [0.4, 0.5) is 5.69 Å². The predicted octanol–water partition coefficient (Wildman–Crippen LogP) is 4.06. The van der Waals surface area contributed by atoms with Crippen molar-refractivity contribution in [3.63, 3.8) is 0 Å². The van der Waals surface area contributed by atoms with Gasteiger partial charge in [-0.3, -0.25) is 0 Å². The van der Waals surface area contributed by atoms with Gasteiger partial charge < -0.3 is 19.9 Å². The number of benzene rings is 2. The zero-order valence-corrected chi connectivity index (χ0v) is 14.8. The summed E-state index contributed by atoms with van der Waals surface area (Å²) in [5.41, 5.74) is 1.94. The van der Waals surface area contributed by atoms with E-state index in [1.165, 1.54) is 0 Å². The SMILES string of the molecule is C=CCc1ccccc1OCC(O)CNc1ccccc1OCCC. The summed E-state index contributed by atoms with van der Waals surface area (Å²) >= 11 is 0. The Morgan fingerprint density at radius 3 is 2.56 bits per heavy atom. The summed E-state index contributed by atoms with van der Waals surface area (Å²) in [7, 11) is 0. The second kappa shape index (κ2) is 10.4. The van der Waals surface area contributed by atoms with Crippen molar-refractivity contribution in [1.82, 2.24) is 0 Å². The van der Waals surface area contributed by atoms with Crippen molar-refractivity contribution < 1.29 is 14.6 Å². The summed E-state index contributed by atoms with van der Waals surface area (Å²) in [4.78, 5) is 0. The van der Waals surface area contributed by atoms with E-state index in [1.807, 2.05) is 54.6 Å². The third-order valence-electron chi connectivity index (χ3n) is 3.64. The third kappa shape index (κ3) is 6.16. The van der Waals surface area contributed by atoms with Gasteiger partial charge in [0.25, 0.3) is 0 Å². The zero-order chi connectivity index (χ0) is 17.9. The number of allylic oxidation sites excluding steroid dienone is 1. The lowest BCUT2D eigenvalue weighted by molar-refractivity contribution is 0.117. The van der Waals surface area contributed by atoms with Gasteiger partial charge in [-0.25, -0.2) is 0 Å². The van der Waals surface area contributed by atoms with E-state index >= 15 is 0 Å². The lowest BCUT2D eigenvalue weighted by Gasteiger charge is -2.17. The number of nitrogens with one attached hydrogen (secondary N) is 1. The molecule has 2 aromatic rings. The number of ether oxygens (including phenoxy) is 2. The predicted molar refractivity (Wildman–Crippen MR) is 103 cm³/mol. The fourth-order valence-electron chi connectivity index (χ4n) is 2.39. The average Bonchev–Trinajstić information content (AvgIpc) is 2.65. The Labute approximate surface area is 150 Å². The standard InChI is InChI=1S/C21H27NO3/c1-3-9-17-10-5-7-12-20(17)25-16-18(23)15-22-19-11-6-8-13-21(19)24-14-4-2/h3,5-8,10-13,18,22-23H,1,4,9,14-16H2,2H3. The van der Waals surface area contributed by atoms with Gasteiger partial charge in [0, 0.05) is 6.54 Å². The van der Waals surface area contributed by atoms with Gasteiger partial charge in [-0.15, -0.1) is 6.58 Å². The molecular formula is C21H27NO3. The molecule has 1 atom stereocenters. The highest BCUT2D eigenvalue weighted by atomic mass is 16.5. The number of hydrogen-bond donors (Lipinski definition) is 2. The highest BCUT2D eigenvalue weighted by Gasteiger charge is 2.09. The van der Waals surface area contributed by atoms with Crippen LogP contribution in [0, 0.1) is 0 Å². The number of aliphatic hydroxyl groups excluding tert-OH is 1. The maximum absolute atomic E-state index is 10.2. The Morgan fingerprint density at radius 2 is 1.80 bits per heavy atom. The van der Waals surface area contributed by atoms with Crippen LogP contribution in [0.15, 0.2) is 61.2 Å². The smallest absolute Gasteiger partial charge is 0.142 e. The lowest BCUT2D eigenvalue weighted by Crippen LogP contribution is -2.26. The Balaban J connectivity index is 1.85. The maximum Gasteiger partial charge on any atom is 0.142 e. The minimum absolute atomic E-state index is 0.221. The van der Waals surface area contributed by atoms with E-state index in [0.717, 1.165) is 35.6 Å². The van der Waals surface area contributed by atoms with E-state index in [2.05, 4.69) is 18.8 Å². The van der Waals surface area contributed by atoms with Gasteiger partial charge in [0.05, 0.1) is 12.3 Å². The quantitative estimate of drug-likeness (QED) is 0.605. The number of hydrogen-bond acceptors (Lipinski definition) is 4. The molecule has 0 amide bonds. The summed E-state index contributed by atoms with van der Waals surface area (Å²) in [5, 5.41) is 13.4. The van der Waals surface area contributed by atoms with Crippen LogP contribution in [-0.2, 0) is 6.42 Å². The summed E-state index contributed by atoms with van der Waals surface area (Å²) in [6.07, 6.45) is 2.91. The molecule has 2 aromatic carbocycles. The van der Waals surface area contributed by atoms with Gasteiger partial charge in [0.15, 0.2) is 0 Å². The molecule has 1 unspecified atom stereocenters. The number of anilines is 1. The molecule has 0 bridgehead atoms. The second-order valence-corrected chi connectivity index (χ2v) is 5.79. The second-order valence-electron chi connectivity index (χ2n) is 5.79. The van der Waals surface area contributed by atoms with E-state index < -0.39 is 6.10 Å². The van der Waals surface area contributed by atoms with Crippen molar-refractivity contribution in [3.05, 3.63) is 66.7 Å². The van der Waals surface area contributed by atoms with Gasteiger partial charge >= 0.3 is 0 Å². The molecule has 0 radical (unpaired) electrons. The highest BCUT2D eigenvalue weighted by Crippen LogP contribution is 2.24. The van der Waals surface area contributed by atoms with Crippen LogP contribution in [0.3, 0.4) is 0 Å². The van der Waals surface area contributed by atoms with E-state index in [-0.39, 0.29) is 6.61 Å². The van der Waals surface area contributed by atoms with Crippen molar-refractivity contribution in [1.29, 1.82) is 0 Å². The Bertz CT molecular complexity index is 657. The lowest BCUT2D eigenvalue weighted by atomic mass is 10.1. The van der Waals surface area contributed by atoms with Crippen LogP contribution in [0.1, 0.15) is 18.9 Å². The van der Waals surface area contributed by atoms with Crippen LogP contribution < -0.4 is 14.8 Å². The van der Waals surface area contributed by atoms with Crippen LogP contribution in [0.25, 0.3) is 0 Å². The van der Waals surface area contributed by atoms with Crippen molar-refractivity contribution in [2.45, 2.75) is 25.9 Å². The van der Waals surface area contributed by atoms with E-state index in [0.29, 0.717) is 13.2 Å². The Morgan fingerprint density at radius 1 is 1.08 bits per heavy atom. The molecule has 2 N–H and O–H groups in total. The summed E-state index contributed by atoms with van der Waals surface area (Å²) in [6, 6.07) is 15.5. The molecule has 0 saturated heterocycles. The molecule has 0 fully saturated rings. The fraction of sp³-hybridized carbons (Fsp3) is 0.333. The first-order chi connectivity index (χ1) is 12.2. The van der Waals surface area contributed by atoms with Crippen molar-refractivity contribution in [3.8, 4) is 11.5 Å². The topological polar surface area (TPSA) is 50.7 Å². The van der Waals surface area contributed by atoms with Crippen molar-refractivity contribution >= 4 is 5.69 Å². The van der Waals surface area contributed by atoms with Crippen molar-refractivity contribution in [2.75, 3.05) is 25.1 Å². The molecule has 4 heteroatoms. The normalized spacial score (nSPS) is 11.6. The van der Waals surface area contributed by atoms with E-state index in [4.69, 9.17) is 9.47 Å². The monoisotopic (exact) mass is 341 g/mol. The molecule has 0 aliphatic rings. The molecule has 2 rings (SSSR count). The van der Waals surface area contributed by atoms with Gasteiger partial charge in [0.1, 0.15) is 24.2 Å². The van der Waals surface area contributed by atoms with Gasteiger partial charge in [-0.05, 0) is 36.6 Å². The first-order valence-electron chi connectivity index (χ1n) is 8.70. The molecule has 25 heavy (non-hydrogen) atoms. The molecule has 134 valence electrons. The first kappa shape index (κ1) is 18.9. The molecule has 0 saturated carbocycles. The van der Waals surface area contributed by atoms with Crippen LogP contribution in [0.5, 0.6) is 11.5 Å². The molecule has 0 aromatic heterocycles.